The van der Waals surface area contributed by atoms with Crippen molar-refractivity contribution in [3.05, 3.63) is 82.9 Å². The Morgan fingerprint density at radius 1 is 1.03 bits per heavy atom. The minimum Gasteiger partial charge on any atom is -0.487 e. The Morgan fingerprint density at radius 3 is 2.33 bits per heavy atom. The number of hydrogen-bond acceptors (Lipinski definition) is 7. The summed E-state index contributed by atoms with van der Waals surface area (Å²) in [5.41, 5.74) is 7.79. The van der Waals surface area contributed by atoms with Crippen LogP contribution in [0.5, 0.6) is 5.75 Å². The summed E-state index contributed by atoms with van der Waals surface area (Å²) < 4.78 is 34.0. The fourth-order valence-electron chi connectivity index (χ4n) is 4.07. The third-order valence-electron chi connectivity index (χ3n) is 5.57. The van der Waals surface area contributed by atoms with E-state index in [0.29, 0.717) is 34.5 Å². The lowest BCUT2D eigenvalue weighted by Crippen LogP contribution is -2.24. The maximum Gasteiger partial charge on any atom is 0.354 e. The molecule has 0 unspecified atom stereocenters. The first-order chi connectivity index (χ1) is 16.8. The summed E-state index contributed by atoms with van der Waals surface area (Å²) in [7, 11) is -4.08. The molecule has 0 saturated heterocycles. The number of carbonyl (C=O) groups excluding carboxylic acids is 2. The number of carbonyl (C=O) groups is 2. The molecule has 1 aliphatic heterocycles. The van der Waals surface area contributed by atoms with Gasteiger partial charge >= 0.3 is 16.1 Å². The fourth-order valence-corrected chi connectivity index (χ4v) is 4.44. The molecule has 0 spiro atoms. The summed E-state index contributed by atoms with van der Waals surface area (Å²) in [5, 5.41) is 10.3. The van der Waals surface area contributed by atoms with E-state index in [1.165, 1.54) is 6.07 Å². The number of hydrogen-bond donors (Lipinski definition) is 3. The molecular weight excluding hydrogens is 482 g/mol. The van der Waals surface area contributed by atoms with E-state index in [1.807, 2.05) is 13.8 Å². The van der Waals surface area contributed by atoms with Gasteiger partial charge < -0.3 is 20.0 Å². The number of amides is 1. The molecule has 0 aromatic heterocycles. The molecule has 10 heteroatoms. The van der Waals surface area contributed by atoms with Crippen molar-refractivity contribution in [3.8, 4) is 16.9 Å². The summed E-state index contributed by atoms with van der Waals surface area (Å²) in [4.78, 5) is 26.1. The van der Waals surface area contributed by atoms with Crippen molar-refractivity contribution >= 4 is 33.5 Å². The van der Waals surface area contributed by atoms with Gasteiger partial charge in [-0.2, -0.15) is 8.42 Å². The Hall–Kier alpha value is -4.18. The predicted octanol–water partition coefficient (Wildman–Crippen LogP) is 3.72. The van der Waals surface area contributed by atoms with Gasteiger partial charge in [0.25, 0.3) is 5.91 Å². The number of ether oxygens (including phenoxy) is 1. The van der Waals surface area contributed by atoms with Crippen LogP contribution in [-0.2, 0) is 20.7 Å². The van der Waals surface area contributed by atoms with Gasteiger partial charge in [-0.3, -0.25) is 10.2 Å². The molecule has 0 aliphatic carbocycles. The molecule has 0 radical (unpaired) electrons. The number of anilines is 1. The van der Waals surface area contributed by atoms with E-state index in [-0.39, 0.29) is 17.0 Å². The summed E-state index contributed by atoms with van der Waals surface area (Å²) >= 11 is 0. The Labute approximate surface area is 208 Å². The molecule has 4 N–H and O–H groups in total. The van der Waals surface area contributed by atoms with Crippen LogP contribution in [0.15, 0.2) is 60.7 Å². The zero-order chi connectivity index (χ0) is 26.3. The maximum absolute atomic E-state index is 13.3. The smallest absolute Gasteiger partial charge is 0.354 e. The van der Waals surface area contributed by atoms with Gasteiger partial charge in [-0.05, 0) is 73.0 Å². The van der Waals surface area contributed by atoms with Gasteiger partial charge in [0.1, 0.15) is 17.2 Å². The third-order valence-corrected chi connectivity index (χ3v) is 6.02. The second-order valence-electron chi connectivity index (χ2n) is 9.11. The van der Waals surface area contributed by atoms with E-state index in [2.05, 4.69) is 9.50 Å². The summed E-state index contributed by atoms with van der Waals surface area (Å²) in [5.74, 6) is -1.15. The zero-order valence-electron chi connectivity index (χ0n) is 19.9. The highest BCUT2D eigenvalue weighted by Gasteiger charge is 2.33. The number of nitrogen functional groups attached to an aromatic ring is 1. The highest BCUT2D eigenvalue weighted by atomic mass is 32.2. The molecule has 1 amide bonds. The highest BCUT2D eigenvalue weighted by molar-refractivity contribution is 7.86. The number of benzene rings is 3. The molecule has 0 bridgehead atoms. The van der Waals surface area contributed by atoms with E-state index in [1.54, 1.807) is 54.6 Å². The Morgan fingerprint density at radius 2 is 1.69 bits per heavy atom. The Bertz CT molecular complexity index is 1490. The molecule has 1 heterocycles. The molecule has 186 valence electrons. The topological polar surface area (TPSA) is 149 Å². The van der Waals surface area contributed by atoms with Gasteiger partial charge in [0.05, 0.1) is 11.8 Å². The van der Waals surface area contributed by atoms with E-state index in [9.17, 15) is 18.0 Å². The minimum absolute atomic E-state index is 0.0389. The van der Waals surface area contributed by atoms with Crippen LogP contribution >= 0.6 is 0 Å². The van der Waals surface area contributed by atoms with Crippen molar-refractivity contribution in [2.45, 2.75) is 25.9 Å². The number of fused-ring (bicyclic) bond motifs is 1. The van der Waals surface area contributed by atoms with Crippen LogP contribution in [0.25, 0.3) is 11.1 Å². The number of nitrogens with two attached hydrogens (primary N) is 1. The van der Waals surface area contributed by atoms with Crippen molar-refractivity contribution in [1.82, 2.24) is 0 Å². The molecule has 36 heavy (non-hydrogen) atoms. The van der Waals surface area contributed by atoms with Crippen LogP contribution in [0.4, 0.5) is 5.69 Å². The molecule has 4 rings (SSSR count). The van der Waals surface area contributed by atoms with E-state index >= 15 is 0 Å². The van der Waals surface area contributed by atoms with Gasteiger partial charge in [-0.1, -0.05) is 18.2 Å². The first-order valence-corrected chi connectivity index (χ1v) is 12.8. The largest absolute Gasteiger partial charge is 0.487 e. The summed E-state index contributed by atoms with van der Waals surface area (Å²) in [6.07, 6.45) is 1.35. The number of nitrogens with one attached hydrogen (secondary N) is 2. The average molecular weight is 508 g/mol. The van der Waals surface area contributed by atoms with Gasteiger partial charge in [0, 0.05) is 23.2 Å². The van der Waals surface area contributed by atoms with Crippen LogP contribution in [0, 0.1) is 5.41 Å². The molecule has 0 fully saturated rings. The second kappa shape index (κ2) is 9.12. The van der Waals surface area contributed by atoms with Crippen molar-refractivity contribution in [1.29, 1.82) is 5.41 Å². The lowest BCUT2D eigenvalue weighted by molar-refractivity contribution is 0.0747. The van der Waals surface area contributed by atoms with Crippen LogP contribution in [0.3, 0.4) is 0 Å². The molecule has 3 aromatic rings. The molecule has 1 aliphatic rings. The van der Waals surface area contributed by atoms with Gasteiger partial charge in [0.15, 0.2) is 0 Å². The van der Waals surface area contributed by atoms with Crippen molar-refractivity contribution < 1.29 is 26.9 Å². The van der Waals surface area contributed by atoms with E-state index in [4.69, 9.17) is 15.9 Å². The quantitative estimate of drug-likeness (QED) is 0.261. The monoisotopic (exact) mass is 507 g/mol. The van der Waals surface area contributed by atoms with Crippen molar-refractivity contribution in [3.63, 3.8) is 0 Å². The lowest BCUT2D eigenvalue weighted by atomic mass is 9.91. The van der Waals surface area contributed by atoms with Gasteiger partial charge in [-0.25, -0.2) is 4.79 Å². The molecule has 0 atom stereocenters. The van der Waals surface area contributed by atoms with Crippen molar-refractivity contribution in [2.75, 3.05) is 11.6 Å². The fraction of sp³-hybridized carbons (Fsp3) is 0.192. The van der Waals surface area contributed by atoms with Gasteiger partial charge in [0.2, 0.25) is 0 Å². The second-order valence-corrected chi connectivity index (χ2v) is 10.7. The molecule has 0 saturated carbocycles. The van der Waals surface area contributed by atoms with E-state index < -0.39 is 27.6 Å². The third kappa shape index (κ3) is 5.38. The van der Waals surface area contributed by atoms with Crippen molar-refractivity contribution in [2.24, 2.45) is 5.73 Å². The highest BCUT2D eigenvalue weighted by Crippen LogP contribution is 2.40. The van der Waals surface area contributed by atoms with Crippen LogP contribution in [0.1, 0.15) is 45.7 Å². The summed E-state index contributed by atoms with van der Waals surface area (Å²) in [6, 6.07) is 16.4. The maximum atomic E-state index is 13.3. The molecule has 3 aromatic carbocycles. The minimum atomic E-state index is -4.08. The first-order valence-electron chi connectivity index (χ1n) is 11.0. The number of amidine groups is 1. The van der Waals surface area contributed by atoms with E-state index in [0.717, 1.165) is 11.8 Å². The summed E-state index contributed by atoms with van der Waals surface area (Å²) in [6.45, 7) is 3.81. The molecule has 9 nitrogen and oxygen atoms in total. The van der Waals surface area contributed by atoms with Crippen LogP contribution in [0.2, 0.25) is 0 Å². The molecular formula is C26H25N3O6S. The van der Waals surface area contributed by atoms with Crippen LogP contribution < -0.4 is 15.8 Å². The SMILES string of the molecule is CC1(C)Cc2cc(-c3ccccc3C(=O)Nc3ccc(C(=N)N)cc3)c(C(=O)OS(C)(=O)=O)cc2O1. The number of rotatable bonds is 6. The normalized spacial score (nSPS) is 13.9. The van der Waals surface area contributed by atoms with Crippen LogP contribution in [-0.4, -0.2) is 38.0 Å². The lowest BCUT2D eigenvalue weighted by Gasteiger charge is -2.17. The first kappa shape index (κ1) is 24.9. The predicted molar refractivity (Wildman–Crippen MR) is 136 cm³/mol. The zero-order valence-corrected chi connectivity index (χ0v) is 20.7. The standard InChI is InChI=1S/C26H25N3O6S/c1-26(2)14-16-12-20(21(13-22(16)34-26)25(31)35-36(3,32)33)18-6-4-5-7-19(18)24(30)29-17-10-8-15(9-11-17)23(27)28/h4-13H,14H2,1-3H3,(H3,27,28)(H,29,30). The Kier molecular flexibility index (Phi) is 6.32. The Balaban J connectivity index is 1.78. The van der Waals surface area contributed by atoms with Gasteiger partial charge in [-0.15, -0.1) is 0 Å². The average Bonchev–Trinajstić information content (AvgIpc) is 3.10.